The Labute approximate surface area is 419 Å². The van der Waals surface area contributed by atoms with Crippen molar-refractivity contribution in [1.82, 2.24) is 0 Å². The fraction of sp³-hybridized carbons (Fsp3) is 0.694. The Kier molecular flexibility index (Phi) is 52.9. The molecule has 0 aromatic rings. The molecule has 0 spiro atoms. The van der Waals surface area contributed by atoms with Crippen LogP contribution in [0.25, 0.3) is 0 Å². The number of esters is 3. The minimum atomic E-state index is -0.802. The van der Waals surface area contributed by atoms with Crippen LogP contribution in [0.5, 0.6) is 0 Å². The van der Waals surface area contributed by atoms with Crippen molar-refractivity contribution in [2.24, 2.45) is 0 Å². The van der Waals surface area contributed by atoms with Crippen molar-refractivity contribution < 1.29 is 28.6 Å². The van der Waals surface area contributed by atoms with Crippen molar-refractivity contribution >= 4 is 17.9 Å². The van der Waals surface area contributed by atoms with E-state index < -0.39 is 6.10 Å². The zero-order valence-corrected chi connectivity index (χ0v) is 44.3. The van der Waals surface area contributed by atoms with E-state index in [0.717, 1.165) is 109 Å². The van der Waals surface area contributed by atoms with Crippen LogP contribution < -0.4 is 0 Å². The van der Waals surface area contributed by atoms with Crippen LogP contribution in [-0.4, -0.2) is 37.2 Å². The van der Waals surface area contributed by atoms with E-state index in [1.807, 2.05) is 0 Å². The third kappa shape index (κ3) is 53.3. The van der Waals surface area contributed by atoms with Crippen molar-refractivity contribution in [3.63, 3.8) is 0 Å². The number of carbonyl (C=O) groups is 3. The van der Waals surface area contributed by atoms with Gasteiger partial charge in [0.1, 0.15) is 13.2 Å². The Morgan fingerprint density at radius 3 is 0.971 bits per heavy atom. The average Bonchev–Trinajstić information content (AvgIpc) is 3.34. The Balaban J connectivity index is 4.46. The van der Waals surface area contributed by atoms with Gasteiger partial charge in [-0.25, -0.2) is 0 Å². The van der Waals surface area contributed by atoms with E-state index in [9.17, 15) is 14.4 Å². The number of hydrogen-bond acceptors (Lipinski definition) is 6. The maximum absolute atomic E-state index is 12.8. The Bertz CT molecular complexity index is 1360. The molecule has 0 heterocycles. The molecule has 1 atom stereocenters. The van der Waals surface area contributed by atoms with E-state index in [1.54, 1.807) is 0 Å². The summed E-state index contributed by atoms with van der Waals surface area (Å²) in [5.41, 5.74) is 0. The van der Waals surface area contributed by atoms with Gasteiger partial charge in [-0.1, -0.05) is 214 Å². The molecule has 0 saturated carbocycles. The topological polar surface area (TPSA) is 78.9 Å². The van der Waals surface area contributed by atoms with E-state index in [0.29, 0.717) is 19.3 Å². The van der Waals surface area contributed by atoms with Crippen LogP contribution in [0.4, 0.5) is 0 Å². The summed E-state index contributed by atoms with van der Waals surface area (Å²) in [5, 5.41) is 0. The molecule has 0 saturated heterocycles. The smallest absolute Gasteiger partial charge is 0.306 e. The largest absolute Gasteiger partial charge is 0.462 e. The summed E-state index contributed by atoms with van der Waals surface area (Å²) in [6.07, 6.45) is 73.9. The zero-order valence-electron chi connectivity index (χ0n) is 44.3. The molecule has 0 aliphatic carbocycles. The fourth-order valence-electron chi connectivity index (χ4n) is 7.55. The Hall–Kier alpha value is -3.67. The first-order valence-corrected chi connectivity index (χ1v) is 28.2. The highest BCUT2D eigenvalue weighted by molar-refractivity contribution is 5.71. The molecule has 0 rings (SSSR count). The molecule has 0 aliphatic heterocycles. The quantitative estimate of drug-likeness (QED) is 0.0262. The van der Waals surface area contributed by atoms with E-state index >= 15 is 0 Å². The molecule has 6 heteroatoms. The molecule has 388 valence electrons. The number of hydrogen-bond donors (Lipinski definition) is 0. The minimum Gasteiger partial charge on any atom is -0.462 e. The molecule has 0 N–H and O–H groups in total. The van der Waals surface area contributed by atoms with Gasteiger partial charge < -0.3 is 14.2 Å². The van der Waals surface area contributed by atoms with Gasteiger partial charge >= 0.3 is 17.9 Å². The number of allylic oxidation sites excluding steroid dienone is 16. The molecular weight excluding hydrogens is 841 g/mol. The van der Waals surface area contributed by atoms with Gasteiger partial charge in [-0.05, 0) is 122 Å². The summed E-state index contributed by atoms with van der Waals surface area (Å²) in [5.74, 6) is -0.954. The molecule has 0 fully saturated rings. The van der Waals surface area contributed by atoms with Gasteiger partial charge in [-0.3, -0.25) is 14.4 Å². The number of unbranched alkanes of at least 4 members (excludes halogenated alkanes) is 23. The van der Waals surface area contributed by atoms with Crippen LogP contribution in [0, 0.1) is 0 Å². The van der Waals surface area contributed by atoms with E-state index in [1.165, 1.54) is 109 Å². The average molecular weight is 946 g/mol. The van der Waals surface area contributed by atoms with Crippen LogP contribution in [0.3, 0.4) is 0 Å². The predicted molar refractivity (Wildman–Crippen MR) is 293 cm³/mol. The van der Waals surface area contributed by atoms with Crippen LogP contribution in [0.2, 0.25) is 0 Å². The molecule has 0 aromatic carbocycles. The number of rotatable bonds is 50. The second-order valence-electron chi connectivity index (χ2n) is 18.5. The molecule has 0 radical (unpaired) electrons. The van der Waals surface area contributed by atoms with Gasteiger partial charge in [-0.2, -0.15) is 0 Å². The summed E-state index contributed by atoms with van der Waals surface area (Å²) in [4.78, 5) is 38.1. The van der Waals surface area contributed by atoms with Crippen molar-refractivity contribution in [3.8, 4) is 0 Å². The normalized spacial score (nSPS) is 12.8. The standard InChI is InChI=1S/C62H104O6/c1-4-7-10-13-16-19-22-25-27-29-30-31-32-34-35-37-40-43-46-49-52-55-61(64)67-58-59(57-66-60(63)54-51-48-45-42-39-24-21-18-15-12-9-6-3)68-62(65)56-53-50-47-44-41-38-36-33-28-26-23-20-17-14-11-8-5-2/h7,10,16,18-19,21,25-28,30-31,34-35,40,43,59H,4-6,8-9,11-15,17,20,22-24,29,32-33,36-39,41-42,44-58H2,1-3H3/b10-7-,19-16-,21-18-,27-25-,28-26-,31-30-,35-34-,43-40-. The molecule has 68 heavy (non-hydrogen) atoms. The lowest BCUT2D eigenvalue weighted by atomic mass is 10.1. The summed E-state index contributed by atoms with van der Waals surface area (Å²) in [7, 11) is 0. The van der Waals surface area contributed by atoms with Crippen molar-refractivity contribution in [2.45, 2.75) is 264 Å². The van der Waals surface area contributed by atoms with Crippen molar-refractivity contribution in [1.29, 1.82) is 0 Å². The van der Waals surface area contributed by atoms with Gasteiger partial charge in [0.15, 0.2) is 6.10 Å². The second-order valence-corrected chi connectivity index (χ2v) is 18.5. The van der Waals surface area contributed by atoms with E-state index in [2.05, 4.69) is 118 Å². The highest BCUT2D eigenvalue weighted by atomic mass is 16.6. The molecular formula is C62H104O6. The Morgan fingerprint density at radius 1 is 0.309 bits per heavy atom. The van der Waals surface area contributed by atoms with E-state index in [-0.39, 0.29) is 31.1 Å². The summed E-state index contributed by atoms with van der Waals surface area (Å²) in [6, 6.07) is 0. The van der Waals surface area contributed by atoms with Crippen molar-refractivity contribution in [2.75, 3.05) is 13.2 Å². The van der Waals surface area contributed by atoms with Crippen LogP contribution >= 0.6 is 0 Å². The van der Waals surface area contributed by atoms with Gasteiger partial charge in [0.25, 0.3) is 0 Å². The third-order valence-electron chi connectivity index (χ3n) is 11.8. The highest BCUT2D eigenvalue weighted by Crippen LogP contribution is 2.14. The van der Waals surface area contributed by atoms with E-state index in [4.69, 9.17) is 14.2 Å². The lowest BCUT2D eigenvalue weighted by Gasteiger charge is -2.18. The maximum Gasteiger partial charge on any atom is 0.306 e. The third-order valence-corrected chi connectivity index (χ3v) is 11.8. The number of carbonyl (C=O) groups excluding carboxylic acids is 3. The zero-order chi connectivity index (χ0) is 49.3. The lowest BCUT2D eigenvalue weighted by molar-refractivity contribution is -0.167. The van der Waals surface area contributed by atoms with Crippen LogP contribution in [-0.2, 0) is 28.6 Å². The maximum atomic E-state index is 12.8. The summed E-state index contributed by atoms with van der Waals surface area (Å²) in [6.45, 7) is 6.45. The molecule has 0 aromatic heterocycles. The monoisotopic (exact) mass is 945 g/mol. The Morgan fingerprint density at radius 2 is 0.574 bits per heavy atom. The van der Waals surface area contributed by atoms with Gasteiger partial charge in [-0.15, -0.1) is 0 Å². The minimum absolute atomic E-state index is 0.0979. The second kappa shape index (κ2) is 55.9. The van der Waals surface area contributed by atoms with Gasteiger partial charge in [0.05, 0.1) is 0 Å². The summed E-state index contributed by atoms with van der Waals surface area (Å²) < 4.78 is 16.8. The first-order chi connectivity index (χ1) is 33.5. The predicted octanol–water partition coefficient (Wildman–Crippen LogP) is 18.9. The lowest BCUT2D eigenvalue weighted by Crippen LogP contribution is -2.30. The molecule has 0 amide bonds. The molecule has 1 unspecified atom stereocenters. The number of ether oxygens (including phenoxy) is 3. The first kappa shape index (κ1) is 64.3. The first-order valence-electron chi connectivity index (χ1n) is 28.2. The molecule has 0 aliphatic rings. The van der Waals surface area contributed by atoms with Gasteiger partial charge in [0, 0.05) is 19.3 Å². The molecule has 6 nitrogen and oxygen atoms in total. The van der Waals surface area contributed by atoms with Gasteiger partial charge in [0.2, 0.25) is 0 Å². The van der Waals surface area contributed by atoms with Crippen molar-refractivity contribution in [3.05, 3.63) is 97.2 Å². The fourth-order valence-corrected chi connectivity index (χ4v) is 7.55. The van der Waals surface area contributed by atoms with Crippen LogP contribution in [0.15, 0.2) is 97.2 Å². The molecule has 0 bridgehead atoms. The summed E-state index contributed by atoms with van der Waals surface area (Å²) >= 11 is 0. The SMILES string of the molecule is CC/C=C\C/C=C\C/C=C\C/C=C\C/C=C\C/C=C\CCCCC(=O)OCC(COC(=O)CCCCCCC/C=C\CCCCC)OC(=O)CCCCCCCCC/C=C\CCCCCCCC. The highest BCUT2D eigenvalue weighted by Gasteiger charge is 2.19. The van der Waals surface area contributed by atoms with Crippen LogP contribution in [0.1, 0.15) is 258 Å².